The minimum atomic E-state index is -0.921. The highest BCUT2D eigenvalue weighted by molar-refractivity contribution is 6.32. The summed E-state index contributed by atoms with van der Waals surface area (Å²) < 4.78 is 7.75. The van der Waals surface area contributed by atoms with Crippen molar-refractivity contribution in [1.29, 1.82) is 0 Å². The predicted molar refractivity (Wildman–Crippen MR) is 165 cm³/mol. The molecule has 0 amide bonds. The lowest BCUT2D eigenvalue weighted by molar-refractivity contribution is -0.138. The van der Waals surface area contributed by atoms with Gasteiger partial charge in [0, 0.05) is 22.5 Å². The average molecular weight is 574 g/mol. The number of benzene rings is 3. The number of para-hydroxylation sites is 1. The first-order valence-corrected chi connectivity index (χ1v) is 14.3. The van der Waals surface area contributed by atoms with Crippen LogP contribution in [0.1, 0.15) is 59.2 Å². The summed E-state index contributed by atoms with van der Waals surface area (Å²) in [6.45, 7) is 4.41. The Kier molecular flexibility index (Phi) is 10.3. The van der Waals surface area contributed by atoms with Crippen LogP contribution in [0, 0.1) is 13.8 Å². The first-order valence-electron chi connectivity index (χ1n) is 13.9. The molecule has 1 aromatic heterocycles. The maximum absolute atomic E-state index is 11.7. The molecule has 2 N–H and O–H groups in total. The Morgan fingerprint density at radius 3 is 2.37 bits per heavy atom. The zero-order valence-electron chi connectivity index (χ0n) is 23.5. The van der Waals surface area contributed by atoms with Crippen LogP contribution in [0.5, 0.6) is 5.75 Å². The van der Waals surface area contributed by atoms with Crippen LogP contribution < -0.4 is 4.74 Å². The standard InChI is InChI=1S/C34H36ClNO5/c1-23-8-5-10-26(33(23)35)9-3-4-21-41-28-19-16-25(17-20-28)15-18-27-11-6-13-30-29(12-7-14-31(37)38)24(2)36(34(27)30)22-32(39)40/h5-6,8,10-11,13,15-20H,3-4,7,9,12,14,21-22H2,1-2H3,(H,37,38)(H,39,40)/b18-15+. The third-order valence-corrected chi connectivity index (χ3v) is 7.87. The van der Waals surface area contributed by atoms with Gasteiger partial charge < -0.3 is 19.5 Å². The molecule has 3 aromatic carbocycles. The summed E-state index contributed by atoms with van der Waals surface area (Å²) in [5.41, 5.74) is 6.90. The van der Waals surface area contributed by atoms with Crippen molar-refractivity contribution in [1.82, 2.24) is 4.57 Å². The molecular formula is C34H36ClNO5. The number of aromatic nitrogens is 1. The Balaban J connectivity index is 1.41. The molecule has 0 saturated carbocycles. The van der Waals surface area contributed by atoms with Gasteiger partial charge in [0.1, 0.15) is 12.3 Å². The molecule has 41 heavy (non-hydrogen) atoms. The SMILES string of the molecule is Cc1cccc(CCCCOc2ccc(/C=C/c3cccc4c(CCCC(=O)O)c(C)n(CC(=O)O)c34)cc2)c1Cl. The van der Waals surface area contributed by atoms with Crippen molar-refractivity contribution in [2.75, 3.05) is 6.61 Å². The van der Waals surface area contributed by atoms with E-state index in [1.54, 1.807) is 0 Å². The Morgan fingerprint density at radius 2 is 1.63 bits per heavy atom. The second kappa shape index (κ2) is 14.0. The Morgan fingerprint density at radius 1 is 0.878 bits per heavy atom. The number of hydrogen-bond acceptors (Lipinski definition) is 3. The van der Waals surface area contributed by atoms with Gasteiger partial charge in [-0.15, -0.1) is 0 Å². The van der Waals surface area contributed by atoms with Crippen molar-refractivity contribution in [2.24, 2.45) is 0 Å². The number of carboxylic acids is 2. The number of fused-ring (bicyclic) bond motifs is 1. The normalized spacial score (nSPS) is 11.4. The summed E-state index contributed by atoms with van der Waals surface area (Å²) in [5.74, 6) is -0.939. The average Bonchev–Trinajstić information content (AvgIpc) is 3.20. The van der Waals surface area contributed by atoms with E-state index >= 15 is 0 Å². The minimum Gasteiger partial charge on any atom is -0.494 e. The number of ether oxygens (including phenoxy) is 1. The molecule has 214 valence electrons. The molecule has 0 aliphatic rings. The van der Waals surface area contributed by atoms with Crippen molar-refractivity contribution in [2.45, 2.75) is 58.9 Å². The zero-order chi connectivity index (χ0) is 29.4. The first kappa shape index (κ1) is 29.9. The topological polar surface area (TPSA) is 88.8 Å². The van der Waals surface area contributed by atoms with Crippen molar-refractivity contribution in [3.8, 4) is 5.75 Å². The van der Waals surface area contributed by atoms with Gasteiger partial charge in [0.25, 0.3) is 0 Å². The van der Waals surface area contributed by atoms with Crippen LogP contribution >= 0.6 is 11.6 Å². The highest BCUT2D eigenvalue weighted by Gasteiger charge is 2.18. The summed E-state index contributed by atoms with van der Waals surface area (Å²) in [6, 6.07) is 20.0. The van der Waals surface area contributed by atoms with Crippen molar-refractivity contribution in [3.63, 3.8) is 0 Å². The third kappa shape index (κ3) is 7.80. The molecule has 0 fully saturated rings. The second-order valence-corrected chi connectivity index (χ2v) is 10.7. The van der Waals surface area contributed by atoms with Crippen molar-refractivity contribution >= 4 is 46.6 Å². The Hall–Kier alpha value is -4.03. The van der Waals surface area contributed by atoms with Crippen LogP contribution in [0.25, 0.3) is 23.1 Å². The third-order valence-electron chi connectivity index (χ3n) is 7.33. The Labute approximate surface area is 245 Å². The van der Waals surface area contributed by atoms with E-state index in [0.717, 1.165) is 68.9 Å². The summed E-state index contributed by atoms with van der Waals surface area (Å²) >= 11 is 6.39. The van der Waals surface area contributed by atoms with Crippen LogP contribution in [0.2, 0.25) is 5.02 Å². The largest absolute Gasteiger partial charge is 0.494 e. The smallest absolute Gasteiger partial charge is 0.323 e. The maximum Gasteiger partial charge on any atom is 0.323 e. The van der Waals surface area contributed by atoms with Crippen molar-refractivity contribution in [3.05, 3.63) is 99.2 Å². The second-order valence-electron chi connectivity index (χ2n) is 10.3. The summed E-state index contributed by atoms with van der Waals surface area (Å²) in [6.07, 6.45) is 8.01. The van der Waals surface area contributed by atoms with Gasteiger partial charge in [0.15, 0.2) is 0 Å². The Bertz CT molecular complexity index is 1550. The molecule has 0 aliphatic heterocycles. The highest BCUT2D eigenvalue weighted by Crippen LogP contribution is 2.31. The number of nitrogens with zero attached hydrogens (tertiary/aromatic N) is 1. The van der Waals surface area contributed by atoms with Gasteiger partial charge >= 0.3 is 11.9 Å². The van der Waals surface area contributed by atoms with E-state index < -0.39 is 11.9 Å². The molecule has 0 radical (unpaired) electrons. The van der Waals surface area contributed by atoms with E-state index in [1.165, 1.54) is 5.56 Å². The van der Waals surface area contributed by atoms with Crippen LogP contribution in [0.15, 0.2) is 60.7 Å². The quantitative estimate of drug-likeness (QED) is 0.118. The fourth-order valence-electron chi connectivity index (χ4n) is 5.20. The summed E-state index contributed by atoms with van der Waals surface area (Å²) in [7, 11) is 0. The van der Waals surface area contributed by atoms with E-state index in [1.807, 2.05) is 85.2 Å². The first-order chi connectivity index (χ1) is 19.7. The van der Waals surface area contributed by atoms with Gasteiger partial charge in [-0.3, -0.25) is 9.59 Å². The molecule has 1 heterocycles. The lowest BCUT2D eigenvalue weighted by atomic mass is 10.0. The fraction of sp³-hybridized carbons (Fsp3) is 0.294. The molecule has 7 heteroatoms. The van der Waals surface area contributed by atoms with E-state index in [4.69, 9.17) is 21.4 Å². The van der Waals surface area contributed by atoms with Crippen LogP contribution in [-0.4, -0.2) is 33.3 Å². The number of carboxylic acid groups (broad SMARTS) is 2. The summed E-state index contributed by atoms with van der Waals surface area (Å²) in [5, 5.41) is 20.4. The molecule has 0 saturated heterocycles. The number of carbonyl (C=O) groups is 2. The molecule has 4 aromatic rings. The maximum atomic E-state index is 11.7. The number of unbranched alkanes of at least 4 members (excludes halogenated alkanes) is 1. The number of aliphatic carboxylic acids is 2. The van der Waals surface area contributed by atoms with Gasteiger partial charge in [0.2, 0.25) is 0 Å². The van der Waals surface area contributed by atoms with Crippen molar-refractivity contribution < 1.29 is 24.5 Å². The predicted octanol–water partition coefficient (Wildman–Crippen LogP) is 7.98. The lowest BCUT2D eigenvalue weighted by Gasteiger charge is -2.09. The summed E-state index contributed by atoms with van der Waals surface area (Å²) in [4.78, 5) is 22.7. The number of halogens is 1. The van der Waals surface area contributed by atoms with E-state index in [-0.39, 0.29) is 13.0 Å². The lowest BCUT2D eigenvalue weighted by Crippen LogP contribution is -2.10. The number of hydrogen-bond donors (Lipinski definition) is 2. The zero-order valence-corrected chi connectivity index (χ0v) is 24.3. The molecule has 0 atom stereocenters. The van der Waals surface area contributed by atoms with Gasteiger partial charge in [-0.2, -0.15) is 0 Å². The molecular weight excluding hydrogens is 538 g/mol. The van der Waals surface area contributed by atoms with Gasteiger partial charge in [-0.05, 0) is 85.9 Å². The van der Waals surface area contributed by atoms with Gasteiger partial charge in [0.05, 0.1) is 12.1 Å². The molecule has 0 unspecified atom stereocenters. The fourth-order valence-corrected chi connectivity index (χ4v) is 5.42. The van der Waals surface area contributed by atoms with Crippen LogP contribution in [-0.2, 0) is 29.0 Å². The monoisotopic (exact) mass is 573 g/mol. The highest BCUT2D eigenvalue weighted by atomic mass is 35.5. The van der Waals surface area contributed by atoms with Gasteiger partial charge in [-0.1, -0.05) is 72.3 Å². The molecule has 0 aliphatic carbocycles. The van der Waals surface area contributed by atoms with E-state index in [2.05, 4.69) is 6.07 Å². The molecule has 0 spiro atoms. The van der Waals surface area contributed by atoms with Gasteiger partial charge in [-0.25, -0.2) is 0 Å². The van der Waals surface area contributed by atoms with E-state index in [9.17, 15) is 14.7 Å². The number of rotatable bonds is 14. The van der Waals surface area contributed by atoms with Crippen LogP contribution in [0.4, 0.5) is 0 Å². The molecule has 4 rings (SSSR count). The number of aryl methyl sites for hydroxylation is 3. The molecule has 0 bridgehead atoms. The van der Waals surface area contributed by atoms with E-state index in [0.29, 0.717) is 19.4 Å². The van der Waals surface area contributed by atoms with Crippen LogP contribution in [0.3, 0.4) is 0 Å². The minimum absolute atomic E-state index is 0.0760. The molecule has 6 nitrogen and oxygen atoms in total.